The smallest absolute Gasteiger partial charge is 0.303 e. The molecular weight excluding hydrogens is 474 g/mol. The van der Waals surface area contributed by atoms with Crippen molar-refractivity contribution in [3.05, 3.63) is 52.2 Å². The number of carboxylic acid groups (broad SMARTS) is 1. The monoisotopic (exact) mass is 495 g/mol. The number of carboxylic acids is 1. The van der Waals surface area contributed by atoms with Gasteiger partial charge in [-0.05, 0) is 35.6 Å². The van der Waals surface area contributed by atoms with Crippen molar-refractivity contribution < 1.29 is 24.3 Å². The highest BCUT2D eigenvalue weighted by Crippen LogP contribution is 2.17. The maximum atomic E-state index is 12.6. The second kappa shape index (κ2) is 12.1. The second-order valence-corrected chi connectivity index (χ2v) is 8.00. The van der Waals surface area contributed by atoms with Crippen LogP contribution >= 0.6 is 27.3 Å². The summed E-state index contributed by atoms with van der Waals surface area (Å²) in [6.45, 7) is -0.307. The number of carbonyl (C=O) groups is 4. The molecule has 0 radical (unpaired) electrons. The molecule has 1 atom stereocenters. The van der Waals surface area contributed by atoms with Gasteiger partial charge < -0.3 is 21.1 Å². The molecule has 0 fully saturated rings. The van der Waals surface area contributed by atoms with Crippen LogP contribution in [0.5, 0.6) is 0 Å². The zero-order chi connectivity index (χ0) is 21.9. The minimum absolute atomic E-state index is 0.0473. The Kier molecular flexibility index (Phi) is 9.49. The number of hydrogen-bond acceptors (Lipinski definition) is 5. The topological polar surface area (TPSA) is 125 Å². The zero-order valence-corrected chi connectivity index (χ0v) is 18.4. The highest BCUT2D eigenvalue weighted by Gasteiger charge is 2.22. The highest BCUT2D eigenvalue weighted by atomic mass is 79.9. The summed E-state index contributed by atoms with van der Waals surface area (Å²) >= 11 is 4.64. The Balaban J connectivity index is 1.95. The summed E-state index contributed by atoms with van der Waals surface area (Å²) in [4.78, 5) is 47.9. The molecule has 1 aromatic heterocycles. The van der Waals surface area contributed by atoms with E-state index >= 15 is 0 Å². The van der Waals surface area contributed by atoms with Crippen LogP contribution < -0.4 is 16.0 Å². The van der Waals surface area contributed by atoms with Crippen LogP contribution in [0.1, 0.15) is 23.3 Å². The van der Waals surface area contributed by atoms with Crippen molar-refractivity contribution in [2.75, 3.05) is 17.2 Å². The molecule has 0 aliphatic rings. The standard InChI is InChI=1S/C20H22BrN3O5S/c21-11-17(25)22-12-18(26)24-16(7-8-19(27)28)20(29)23-14-5-3-13(4-6-14)10-15-2-1-9-30-15/h1-6,9,16H,7-8,10-12H2,(H,22,25)(H,23,29)(H,24,26)(H,27,28)/t16-/m0/s1. The third-order valence-corrected chi connectivity index (χ3v) is 5.43. The first-order valence-corrected chi connectivity index (χ1v) is 11.1. The van der Waals surface area contributed by atoms with Gasteiger partial charge >= 0.3 is 5.97 Å². The Hall–Kier alpha value is -2.72. The first-order chi connectivity index (χ1) is 14.4. The van der Waals surface area contributed by atoms with E-state index in [1.54, 1.807) is 23.5 Å². The van der Waals surface area contributed by atoms with Gasteiger partial charge in [0.2, 0.25) is 17.7 Å². The normalized spacial score (nSPS) is 11.4. The van der Waals surface area contributed by atoms with Crippen LogP contribution in [0.25, 0.3) is 0 Å². The minimum atomic E-state index is -1.08. The van der Waals surface area contributed by atoms with E-state index in [-0.39, 0.29) is 30.6 Å². The van der Waals surface area contributed by atoms with E-state index in [2.05, 4.69) is 37.9 Å². The van der Waals surface area contributed by atoms with Crippen LogP contribution in [0.15, 0.2) is 41.8 Å². The molecule has 0 unspecified atom stereocenters. The number of carbonyl (C=O) groups excluding carboxylic acids is 3. The quantitative estimate of drug-likeness (QED) is 0.355. The van der Waals surface area contributed by atoms with E-state index in [4.69, 9.17) is 5.11 Å². The van der Waals surface area contributed by atoms with Crippen molar-refractivity contribution in [2.24, 2.45) is 0 Å². The van der Waals surface area contributed by atoms with E-state index in [0.717, 1.165) is 12.0 Å². The van der Waals surface area contributed by atoms with Gasteiger partial charge in [-0.2, -0.15) is 0 Å². The van der Waals surface area contributed by atoms with Gasteiger partial charge in [0.1, 0.15) is 6.04 Å². The summed E-state index contributed by atoms with van der Waals surface area (Å²) in [6, 6.07) is 10.3. The molecule has 160 valence electrons. The number of thiophene rings is 1. The molecule has 8 nitrogen and oxygen atoms in total. The van der Waals surface area contributed by atoms with Crippen molar-refractivity contribution in [3.63, 3.8) is 0 Å². The molecular formula is C20H22BrN3O5S. The molecule has 1 heterocycles. The number of aliphatic carboxylic acids is 1. The van der Waals surface area contributed by atoms with Crippen LogP contribution in [-0.2, 0) is 25.6 Å². The Labute approximate surface area is 186 Å². The van der Waals surface area contributed by atoms with Gasteiger partial charge in [-0.3, -0.25) is 19.2 Å². The van der Waals surface area contributed by atoms with Gasteiger partial charge in [0, 0.05) is 23.4 Å². The van der Waals surface area contributed by atoms with Gasteiger partial charge in [0.15, 0.2) is 0 Å². The van der Waals surface area contributed by atoms with Gasteiger partial charge in [0.25, 0.3) is 0 Å². The number of hydrogen-bond donors (Lipinski definition) is 4. The second-order valence-electron chi connectivity index (χ2n) is 6.41. The van der Waals surface area contributed by atoms with Crippen LogP contribution in [0.3, 0.4) is 0 Å². The lowest BCUT2D eigenvalue weighted by atomic mass is 10.1. The van der Waals surface area contributed by atoms with Crippen molar-refractivity contribution in [2.45, 2.75) is 25.3 Å². The average molecular weight is 496 g/mol. The van der Waals surface area contributed by atoms with Gasteiger partial charge in [-0.15, -0.1) is 11.3 Å². The summed E-state index contributed by atoms with van der Waals surface area (Å²) < 4.78 is 0. The molecule has 2 rings (SSSR count). The fraction of sp³-hybridized carbons (Fsp3) is 0.300. The van der Waals surface area contributed by atoms with Crippen molar-refractivity contribution in [1.82, 2.24) is 10.6 Å². The number of rotatable bonds is 11. The predicted molar refractivity (Wildman–Crippen MR) is 118 cm³/mol. The predicted octanol–water partition coefficient (Wildman–Crippen LogP) is 2.14. The first-order valence-electron chi connectivity index (χ1n) is 9.13. The minimum Gasteiger partial charge on any atom is -0.481 e. The Morgan fingerprint density at radius 1 is 1.07 bits per heavy atom. The van der Waals surface area contributed by atoms with Crippen LogP contribution in [0.2, 0.25) is 0 Å². The van der Waals surface area contributed by atoms with Crippen LogP contribution in [0.4, 0.5) is 5.69 Å². The number of anilines is 1. The van der Waals surface area contributed by atoms with Crippen molar-refractivity contribution in [1.29, 1.82) is 0 Å². The SMILES string of the molecule is O=C(O)CC[C@H](NC(=O)CNC(=O)CBr)C(=O)Nc1ccc(Cc2cccs2)cc1. The summed E-state index contributed by atoms with van der Waals surface area (Å²) in [5.74, 6) is -2.56. The average Bonchev–Trinajstić information content (AvgIpc) is 3.23. The molecule has 0 saturated heterocycles. The molecule has 4 N–H and O–H groups in total. The largest absolute Gasteiger partial charge is 0.481 e. The first kappa shape index (κ1) is 23.6. The molecule has 10 heteroatoms. The number of amides is 3. The lowest BCUT2D eigenvalue weighted by Gasteiger charge is -2.18. The Morgan fingerprint density at radius 3 is 2.40 bits per heavy atom. The molecule has 0 saturated carbocycles. The zero-order valence-electron chi connectivity index (χ0n) is 16.0. The third-order valence-electron chi connectivity index (χ3n) is 4.05. The molecule has 1 aromatic carbocycles. The number of nitrogens with one attached hydrogen (secondary N) is 3. The van der Waals surface area contributed by atoms with Crippen molar-refractivity contribution >= 4 is 56.6 Å². The molecule has 0 aliphatic carbocycles. The fourth-order valence-electron chi connectivity index (χ4n) is 2.56. The van der Waals surface area contributed by atoms with E-state index in [1.807, 2.05) is 23.6 Å². The summed E-state index contributed by atoms with van der Waals surface area (Å²) in [6.07, 6.45) is 0.435. The Morgan fingerprint density at radius 2 is 1.80 bits per heavy atom. The maximum absolute atomic E-state index is 12.6. The lowest BCUT2D eigenvalue weighted by molar-refractivity contribution is -0.137. The summed E-state index contributed by atoms with van der Waals surface area (Å²) in [7, 11) is 0. The number of halogens is 1. The fourth-order valence-corrected chi connectivity index (χ4v) is 3.50. The number of alkyl halides is 1. The molecule has 0 spiro atoms. The number of benzene rings is 1. The summed E-state index contributed by atoms with van der Waals surface area (Å²) in [5, 5.41) is 18.5. The van der Waals surface area contributed by atoms with E-state index in [1.165, 1.54) is 4.88 Å². The highest BCUT2D eigenvalue weighted by molar-refractivity contribution is 9.09. The molecule has 2 aromatic rings. The third kappa shape index (κ3) is 8.34. The van der Waals surface area contributed by atoms with Crippen molar-refractivity contribution in [3.8, 4) is 0 Å². The van der Waals surface area contributed by atoms with E-state index in [0.29, 0.717) is 5.69 Å². The van der Waals surface area contributed by atoms with Gasteiger partial charge in [-0.25, -0.2) is 0 Å². The molecule has 3 amide bonds. The van der Waals surface area contributed by atoms with Gasteiger partial charge in [0.05, 0.1) is 11.9 Å². The lowest BCUT2D eigenvalue weighted by Crippen LogP contribution is -2.47. The summed E-state index contributed by atoms with van der Waals surface area (Å²) in [5.41, 5.74) is 1.63. The van der Waals surface area contributed by atoms with E-state index in [9.17, 15) is 19.2 Å². The van der Waals surface area contributed by atoms with Crippen LogP contribution in [0, 0.1) is 0 Å². The van der Waals surface area contributed by atoms with Gasteiger partial charge in [-0.1, -0.05) is 34.1 Å². The maximum Gasteiger partial charge on any atom is 0.303 e. The van der Waals surface area contributed by atoms with Crippen LogP contribution in [-0.4, -0.2) is 46.7 Å². The molecule has 0 bridgehead atoms. The molecule has 30 heavy (non-hydrogen) atoms. The van der Waals surface area contributed by atoms with E-state index < -0.39 is 23.8 Å². The Bertz CT molecular complexity index is 871. The molecule has 0 aliphatic heterocycles.